The summed E-state index contributed by atoms with van der Waals surface area (Å²) in [5, 5.41) is 8.73. The lowest BCUT2D eigenvalue weighted by Crippen LogP contribution is -2.33. The van der Waals surface area contributed by atoms with Gasteiger partial charge in [-0.3, -0.25) is 0 Å². The van der Waals surface area contributed by atoms with Crippen molar-refractivity contribution in [1.29, 1.82) is 0 Å². The molecule has 0 spiro atoms. The van der Waals surface area contributed by atoms with Gasteiger partial charge in [-0.25, -0.2) is 13.1 Å². The van der Waals surface area contributed by atoms with E-state index in [0.29, 0.717) is 11.5 Å². The largest absolute Gasteiger partial charge is 0.384 e. The molecule has 0 aliphatic rings. The zero-order valence-corrected chi connectivity index (χ0v) is 12.9. The fourth-order valence-electron chi connectivity index (χ4n) is 2.02. The summed E-state index contributed by atoms with van der Waals surface area (Å²) in [6, 6.07) is 6.39. The van der Waals surface area contributed by atoms with Gasteiger partial charge in [-0.2, -0.15) is 0 Å². The van der Waals surface area contributed by atoms with Crippen LogP contribution in [0.1, 0.15) is 32.8 Å². The van der Waals surface area contributed by atoms with E-state index in [4.69, 9.17) is 5.11 Å². The van der Waals surface area contributed by atoms with Crippen molar-refractivity contribution in [3.63, 3.8) is 0 Å². The number of rotatable bonds is 5. The number of benzene rings is 1. The lowest BCUT2D eigenvalue weighted by molar-refractivity contribution is 0.350. The van der Waals surface area contributed by atoms with Crippen molar-refractivity contribution in [3.05, 3.63) is 29.8 Å². The Kier molecular flexibility index (Phi) is 6.21. The van der Waals surface area contributed by atoms with Crippen LogP contribution in [0.4, 0.5) is 0 Å². The molecule has 0 fully saturated rings. The molecule has 0 aromatic heterocycles. The highest BCUT2D eigenvalue weighted by Gasteiger charge is 2.20. The molecule has 20 heavy (non-hydrogen) atoms. The van der Waals surface area contributed by atoms with Crippen LogP contribution in [-0.2, 0) is 10.0 Å². The summed E-state index contributed by atoms with van der Waals surface area (Å²) in [6.07, 6.45) is 0.768. The van der Waals surface area contributed by atoms with Crippen LogP contribution in [0.2, 0.25) is 0 Å². The Labute approximate surface area is 121 Å². The molecule has 1 atom stereocenters. The highest BCUT2D eigenvalue weighted by atomic mass is 32.2. The van der Waals surface area contributed by atoms with E-state index in [1.54, 1.807) is 18.2 Å². The van der Waals surface area contributed by atoms with E-state index in [-0.39, 0.29) is 17.5 Å². The van der Waals surface area contributed by atoms with Gasteiger partial charge in [0.2, 0.25) is 10.0 Å². The van der Waals surface area contributed by atoms with Crippen molar-refractivity contribution < 1.29 is 13.5 Å². The molecule has 5 heteroatoms. The van der Waals surface area contributed by atoms with Gasteiger partial charge in [-0.15, -0.1) is 0 Å². The Balaban J connectivity index is 3.04. The lowest BCUT2D eigenvalue weighted by Gasteiger charge is -2.16. The molecule has 0 bridgehead atoms. The van der Waals surface area contributed by atoms with Crippen molar-refractivity contribution >= 4 is 10.0 Å². The second-order valence-corrected chi connectivity index (χ2v) is 6.79. The van der Waals surface area contributed by atoms with Gasteiger partial charge in [0.1, 0.15) is 6.61 Å². The number of hydrogen-bond acceptors (Lipinski definition) is 3. The Hall–Kier alpha value is -1.35. The molecule has 0 saturated carbocycles. The Morgan fingerprint density at radius 2 is 1.90 bits per heavy atom. The Morgan fingerprint density at radius 3 is 2.50 bits per heavy atom. The number of aliphatic hydroxyl groups is 1. The summed E-state index contributed by atoms with van der Waals surface area (Å²) in [5.74, 6) is 5.55. The Bertz CT molecular complexity index is 597. The van der Waals surface area contributed by atoms with E-state index in [0.717, 1.165) is 6.42 Å². The minimum absolute atomic E-state index is 0.140. The maximum absolute atomic E-state index is 12.4. The van der Waals surface area contributed by atoms with Crippen LogP contribution in [0.25, 0.3) is 0 Å². The first-order chi connectivity index (χ1) is 9.36. The van der Waals surface area contributed by atoms with Crippen molar-refractivity contribution in [2.75, 3.05) is 6.61 Å². The molecule has 0 amide bonds. The van der Waals surface area contributed by atoms with Gasteiger partial charge >= 0.3 is 0 Å². The van der Waals surface area contributed by atoms with Gasteiger partial charge in [0.05, 0.1) is 4.90 Å². The van der Waals surface area contributed by atoms with Crippen molar-refractivity contribution in [2.45, 2.75) is 38.1 Å². The van der Waals surface area contributed by atoms with Gasteiger partial charge in [0.25, 0.3) is 0 Å². The van der Waals surface area contributed by atoms with Crippen molar-refractivity contribution in [3.8, 4) is 11.8 Å². The van der Waals surface area contributed by atoms with Gasteiger partial charge in [-0.05, 0) is 31.4 Å². The Morgan fingerprint density at radius 1 is 1.25 bits per heavy atom. The standard InChI is InChI=1S/C15H21NO3S/c1-12(2)11-13(3)16-20(18,19)15-9-5-4-7-14(15)8-6-10-17/h4-5,7,9,12-13,16-17H,10-11H2,1-3H3. The average molecular weight is 295 g/mol. The zero-order chi connectivity index (χ0) is 15.2. The lowest BCUT2D eigenvalue weighted by atomic mass is 10.1. The average Bonchev–Trinajstić information content (AvgIpc) is 2.34. The van der Waals surface area contributed by atoms with Gasteiger partial charge in [-0.1, -0.05) is 37.8 Å². The van der Waals surface area contributed by atoms with Crippen LogP contribution < -0.4 is 4.72 Å². The molecule has 4 nitrogen and oxygen atoms in total. The van der Waals surface area contributed by atoms with E-state index < -0.39 is 10.0 Å². The predicted molar refractivity (Wildman–Crippen MR) is 79.6 cm³/mol. The molecular formula is C15H21NO3S. The van der Waals surface area contributed by atoms with Crippen LogP contribution in [0.15, 0.2) is 29.2 Å². The van der Waals surface area contributed by atoms with E-state index >= 15 is 0 Å². The summed E-state index contributed by atoms with van der Waals surface area (Å²) in [7, 11) is -3.60. The van der Waals surface area contributed by atoms with Crippen LogP contribution in [-0.4, -0.2) is 26.2 Å². The molecule has 1 aromatic carbocycles. The summed E-state index contributed by atoms with van der Waals surface area (Å²) < 4.78 is 27.4. The molecule has 1 rings (SSSR count). The number of nitrogens with one attached hydrogen (secondary N) is 1. The summed E-state index contributed by atoms with van der Waals surface area (Å²) in [4.78, 5) is 0.150. The maximum Gasteiger partial charge on any atom is 0.242 e. The first kappa shape index (κ1) is 16.7. The molecule has 0 saturated heterocycles. The third-order valence-electron chi connectivity index (χ3n) is 2.66. The summed E-state index contributed by atoms with van der Waals surface area (Å²) >= 11 is 0. The third-order valence-corrected chi connectivity index (χ3v) is 4.31. The number of hydrogen-bond donors (Lipinski definition) is 2. The maximum atomic E-state index is 12.4. The first-order valence-electron chi connectivity index (χ1n) is 6.58. The van der Waals surface area contributed by atoms with E-state index in [2.05, 4.69) is 16.6 Å². The van der Waals surface area contributed by atoms with Crippen molar-refractivity contribution in [1.82, 2.24) is 4.72 Å². The highest BCUT2D eigenvalue weighted by molar-refractivity contribution is 7.89. The third kappa shape index (κ3) is 4.97. The molecule has 0 aliphatic heterocycles. The number of sulfonamides is 1. The van der Waals surface area contributed by atoms with E-state index in [9.17, 15) is 8.42 Å². The fraction of sp³-hybridized carbons (Fsp3) is 0.467. The molecule has 1 aromatic rings. The monoisotopic (exact) mass is 295 g/mol. The minimum atomic E-state index is -3.60. The van der Waals surface area contributed by atoms with Gasteiger partial charge < -0.3 is 5.11 Å². The summed E-state index contributed by atoms with van der Waals surface area (Å²) in [5.41, 5.74) is 0.394. The van der Waals surface area contributed by atoms with Gasteiger partial charge in [0, 0.05) is 11.6 Å². The topological polar surface area (TPSA) is 66.4 Å². The number of aliphatic hydroxyl groups excluding tert-OH is 1. The predicted octanol–water partition coefficient (Wildman–Crippen LogP) is 1.74. The second-order valence-electron chi connectivity index (χ2n) is 5.11. The van der Waals surface area contributed by atoms with Crippen molar-refractivity contribution in [2.24, 2.45) is 5.92 Å². The van der Waals surface area contributed by atoms with Crippen LogP contribution in [0.5, 0.6) is 0 Å². The van der Waals surface area contributed by atoms with E-state index in [1.807, 2.05) is 20.8 Å². The SMILES string of the molecule is CC(C)CC(C)NS(=O)(=O)c1ccccc1C#CCO. The van der Waals surface area contributed by atoms with Crippen LogP contribution in [0.3, 0.4) is 0 Å². The van der Waals surface area contributed by atoms with Crippen LogP contribution >= 0.6 is 0 Å². The van der Waals surface area contributed by atoms with Crippen LogP contribution in [0, 0.1) is 17.8 Å². The first-order valence-corrected chi connectivity index (χ1v) is 8.06. The quantitative estimate of drug-likeness (QED) is 0.813. The van der Waals surface area contributed by atoms with Gasteiger partial charge in [0.15, 0.2) is 0 Å². The molecule has 1 unspecified atom stereocenters. The van der Waals surface area contributed by atoms with E-state index in [1.165, 1.54) is 6.07 Å². The summed E-state index contributed by atoms with van der Waals surface area (Å²) in [6.45, 7) is 5.64. The molecule has 0 radical (unpaired) electrons. The molecular weight excluding hydrogens is 274 g/mol. The molecule has 0 aliphatic carbocycles. The minimum Gasteiger partial charge on any atom is -0.384 e. The smallest absolute Gasteiger partial charge is 0.242 e. The normalized spacial score (nSPS) is 12.8. The molecule has 110 valence electrons. The second kappa shape index (κ2) is 7.44. The fourth-order valence-corrected chi connectivity index (χ4v) is 3.44. The molecule has 2 N–H and O–H groups in total. The zero-order valence-electron chi connectivity index (χ0n) is 12.1. The molecule has 0 heterocycles. The highest BCUT2D eigenvalue weighted by Crippen LogP contribution is 2.16.